The fourth-order valence-electron chi connectivity index (χ4n) is 4.16. The highest BCUT2D eigenvalue weighted by Crippen LogP contribution is 2.33. The molecule has 1 aliphatic heterocycles. The number of H-pyrrole nitrogens is 1. The van der Waals surface area contributed by atoms with Gasteiger partial charge in [0.15, 0.2) is 12.4 Å². The minimum atomic E-state index is -0.531. The van der Waals surface area contributed by atoms with Gasteiger partial charge < -0.3 is 0 Å². The number of nitrogens with one attached hydrogen (secondary N) is 1. The van der Waals surface area contributed by atoms with Gasteiger partial charge in [0.2, 0.25) is 0 Å². The van der Waals surface area contributed by atoms with E-state index in [0.717, 1.165) is 16.0 Å². The van der Waals surface area contributed by atoms with Crippen molar-refractivity contribution in [1.82, 2.24) is 9.78 Å². The van der Waals surface area contributed by atoms with Gasteiger partial charge in [0.1, 0.15) is 5.57 Å². The highest BCUT2D eigenvalue weighted by molar-refractivity contribution is 6.53. The van der Waals surface area contributed by atoms with Gasteiger partial charge in [0.25, 0.3) is 17.2 Å². The number of aromatic nitrogens is 3. The largest absolute Gasteiger partial charge is 0.331 e. The van der Waals surface area contributed by atoms with E-state index in [-0.39, 0.29) is 16.8 Å². The van der Waals surface area contributed by atoms with Crippen molar-refractivity contribution in [3.05, 3.63) is 112 Å². The molecule has 0 saturated carbocycles. The predicted molar refractivity (Wildman–Crippen MR) is 129 cm³/mol. The third kappa shape index (κ3) is 3.38. The smallest absolute Gasteiger partial charge is 0.295 e. The molecule has 34 heavy (non-hydrogen) atoms. The number of rotatable bonds is 4. The standard InChI is InChI=1S/C27H22N4O3/c1-17-9-11-20(12-10-17)30-25(32)23(24(27(30)34)29-15-13-18(2)14-16-29)22-19(3)28-31(26(22)33)21-7-5-4-6-8-21/h4-16H,1-3H3/p+1. The molecular formula is C27H23N4O3+. The summed E-state index contributed by atoms with van der Waals surface area (Å²) in [5, 5.41) is 3.06. The van der Waals surface area contributed by atoms with E-state index in [1.54, 1.807) is 48.1 Å². The highest BCUT2D eigenvalue weighted by Gasteiger charge is 2.47. The first-order valence-electron chi connectivity index (χ1n) is 10.9. The lowest BCUT2D eigenvalue weighted by atomic mass is 10.1. The van der Waals surface area contributed by atoms with Crippen molar-refractivity contribution in [1.29, 1.82) is 0 Å². The molecule has 2 aromatic heterocycles. The Labute approximate surface area is 196 Å². The maximum absolute atomic E-state index is 13.8. The Morgan fingerprint density at radius 1 is 0.706 bits per heavy atom. The van der Waals surface area contributed by atoms with Gasteiger partial charge in [-0.2, -0.15) is 4.57 Å². The molecule has 7 heteroatoms. The molecule has 0 radical (unpaired) electrons. The van der Waals surface area contributed by atoms with Crippen LogP contribution in [0.1, 0.15) is 22.4 Å². The number of benzene rings is 2. The number of carbonyl (C=O) groups is 2. The lowest BCUT2D eigenvalue weighted by Gasteiger charge is -2.14. The Hall–Kier alpha value is -4.52. The number of para-hydroxylation sites is 1. The molecule has 2 amide bonds. The molecule has 0 aliphatic carbocycles. The third-order valence-electron chi connectivity index (χ3n) is 5.94. The van der Waals surface area contributed by atoms with Crippen molar-refractivity contribution in [2.24, 2.45) is 0 Å². The van der Waals surface area contributed by atoms with Crippen LogP contribution in [0.3, 0.4) is 0 Å². The molecule has 1 N–H and O–H groups in total. The molecule has 0 spiro atoms. The van der Waals surface area contributed by atoms with Crippen molar-refractivity contribution in [3.63, 3.8) is 0 Å². The first-order valence-corrected chi connectivity index (χ1v) is 10.9. The van der Waals surface area contributed by atoms with E-state index < -0.39 is 17.4 Å². The fourth-order valence-corrected chi connectivity index (χ4v) is 4.16. The van der Waals surface area contributed by atoms with Crippen LogP contribution in [0.15, 0.2) is 83.9 Å². The van der Waals surface area contributed by atoms with Gasteiger partial charge in [-0.3, -0.25) is 19.5 Å². The summed E-state index contributed by atoms with van der Waals surface area (Å²) < 4.78 is 3.00. The molecule has 7 nitrogen and oxygen atoms in total. The summed E-state index contributed by atoms with van der Waals surface area (Å²) in [7, 11) is 0. The van der Waals surface area contributed by atoms with E-state index in [1.165, 1.54) is 4.68 Å². The number of pyridine rings is 1. The molecule has 0 atom stereocenters. The zero-order chi connectivity index (χ0) is 24.0. The van der Waals surface area contributed by atoms with Crippen molar-refractivity contribution < 1.29 is 14.2 Å². The van der Waals surface area contributed by atoms with Gasteiger partial charge in [-0.1, -0.05) is 35.9 Å². The number of hydrogen-bond donors (Lipinski definition) is 1. The number of anilines is 1. The molecule has 1 aliphatic rings. The number of aromatic amines is 1. The number of amides is 2. The Morgan fingerprint density at radius 2 is 1.32 bits per heavy atom. The SMILES string of the molecule is Cc1ccc(N2C(=O)C(c3c(C)[nH]n(-c4ccccc4)c3=O)=C([n+]3ccc(C)cc3)C2=O)cc1. The van der Waals surface area contributed by atoms with E-state index in [9.17, 15) is 14.4 Å². The van der Waals surface area contributed by atoms with Crippen LogP contribution in [0.4, 0.5) is 5.69 Å². The van der Waals surface area contributed by atoms with Crippen LogP contribution in [0, 0.1) is 20.8 Å². The van der Waals surface area contributed by atoms with Gasteiger partial charge >= 0.3 is 5.91 Å². The Balaban J connectivity index is 1.75. The van der Waals surface area contributed by atoms with Crippen LogP contribution in [0.5, 0.6) is 0 Å². The molecule has 168 valence electrons. The van der Waals surface area contributed by atoms with Gasteiger partial charge in [0.05, 0.1) is 16.9 Å². The predicted octanol–water partition coefficient (Wildman–Crippen LogP) is 3.32. The maximum Gasteiger partial charge on any atom is 0.331 e. The Bertz CT molecular complexity index is 1510. The molecule has 5 rings (SSSR count). The average molecular weight is 452 g/mol. The van der Waals surface area contributed by atoms with E-state index >= 15 is 0 Å². The van der Waals surface area contributed by atoms with E-state index in [0.29, 0.717) is 17.1 Å². The second-order valence-electron chi connectivity index (χ2n) is 8.38. The van der Waals surface area contributed by atoms with E-state index in [1.807, 2.05) is 56.3 Å². The Kier molecular flexibility index (Phi) is 5.09. The van der Waals surface area contributed by atoms with E-state index in [2.05, 4.69) is 5.10 Å². The molecular weight excluding hydrogens is 428 g/mol. The first-order chi connectivity index (χ1) is 16.4. The van der Waals surface area contributed by atoms with Crippen LogP contribution in [-0.2, 0) is 9.59 Å². The normalized spacial score (nSPS) is 13.8. The van der Waals surface area contributed by atoms with E-state index in [4.69, 9.17) is 0 Å². The molecule has 0 unspecified atom stereocenters. The summed E-state index contributed by atoms with van der Waals surface area (Å²) in [6, 6.07) is 20.0. The summed E-state index contributed by atoms with van der Waals surface area (Å²) in [5.74, 6) is -1.01. The van der Waals surface area contributed by atoms with Gasteiger partial charge in [-0.15, -0.1) is 0 Å². The lowest BCUT2D eigenvalue weighted by Crippen LogP contribution is -2.39. The van der Waals surface area contributed by atoms with Crippen LogP contribution in [0.25, 0.3) is 17.0 Å². The molecule has 0 saturated heterocycles. The van der Waals surface area contributed by atoms with Crippen molar-refractivity contribution in [3.8, 4) is 5.69 Å². The summed E-state index contributed by atoms with van der Waals surface area (Å²) in [6.07, 6.45) is 3.46. The maximum atomic E-state index is 13.8. The molecule has 0 bridgehead atoms. The van der Waals surface area contributed by atoms with Crippen LogP contribution < -0.4 is 15.0 Å². The van der Waals surface area contributed by atoms with Crippen LogP contribution in [0.2, 0.25) is 0 Å². The van der Waals surface area contributed by atoms with Crippen molar-refractivity contribution >= 4 is 28.8 Å². The van der Waals surface area contributed by atoms with Gasteiger partial charge in [0, 0.05) is 17.8 Å². The molecule has 4 aromatic rings. The number of carbonyl (C=O) groups excluding carboxylic acids is 2. The third-order valence-corrected chi connectivity index (χ3v) is 5.94. The molecule has 2 aromatic carbocycles. The average Bonchev–Trinajstić information content (AvgIpc) is 3.27. The van der Waals surface area contributed by atoms with Gasteiger partial charge in [-0.05, 0) is 50.6 Å². The summed E-state index contributed by atoms with van der Waals surface area (Å²) in [6.45, 7) is 5.60. The highest BCUT2D eigenvalue weighted by atomic mass is 16.2. The molecule has 3 heterocycles. The lowest BCUT2D eigenvalue weighted by molar-refractivity contribution is -0.576. The second-order valence-corrected chi connectivity index (χ2v) is 8.38. The monoisotopic (exact) mass is 451 g/mol. The fraction of sp³-hybridized carbons (Fsp3) is 0.111. The zero-order valence-corrected chi connectivity index (χ0v) is 19.1. The minimum Gasteiger partial charge on any atom is -0.295 e. The zero-order valence-electron chi connectivity index (χ0n) is 19.1. The minimum absolute atomic E-state index is 0.0767. The number of hydrogen-bond acceptors (Lipinski definition) is 3. The van der Waals surface area contributed by atoms with Crippen LogP contribution >= 0.6 is 0 Å². The number of aryl methyl sites for hydroxylation is 3. The van der Waals surface area contributed by atoms with Crippen molar-refractivity contribution in [2.45, 2.75) is 20.8 Å². The van der Waals surface area contributed by atoms with Crippen molar-refractivity contribution in [2.75, 3.05) is 4.90 Å². The quantitative estimate of drug-likeness (QED) is 0.382. The van der Waals surface area contributed by atoms with Crippen LogP contribution in [-0.4, -0.2) is 21.6 Å². The second kappa shape index (κ2) is 8.12. The Morgan fingerprint density at radius 3 is 1.97 bits per heavy atom. The van der Waals surface area contributed by atoms with Gasteiger partial charge in [-0.25, -0.2) is 9.58 Å². The molecule has 0 fully saturated rings. The number of imide groups is 1. The summed E-state index contributed by atoms with van der Waals surface area (Å²) in [4.78, 5) is 42.1. The summed E-state index contributed by atoms with van der Waals surface area (Å²) in [5.41, 5.74) is 3.62. The number of nitrogens with zero attached hydrogens (tertiary/aromatic N) is 3. The first kappa shape index (κ1) is 21.3. The summed E-state index contributed by atoms with van der Waals surface area (Å²) >= 11 is 0. The topological polar surface area (TPSA) is 79.1 Å².